The van der Waals surface area contributed by atoms with Gasteiger partial charge >= 0.3 is 0 Å². The van der Waals surface area contributed by atoms with Crippen LogP contribution in [0.2, 0.25) is 5.02 Å². The first-order valence-corrected chi connectivity index (χ1v) is 10.2. The van der Waals surface area contributed by atoms with Gasteiger partial charge in [-0.1, -0.05) is 58.7 Å². The molecule has 0 aromatic heterocycles. The van der Waals surface area contributed by atoms with Gasteiger partial charge in [0.1, 0.15) is 0 Å². The molecule has 2 aromatic rings. The van der Waals surface area contributed by atoms with Gasteiger partial charge in [-0.3, -0.25) is 4.90 Å². The van der Waals surface area contributed by atoms with Crippen molar-refractivity contribution in [2.45, 2.75) is 24.9 Å². The van der Waals surface area contributed by atoms with Crippen molar-refractivity contribution in [2.75, 3.05) is 32.8 Å². The number of hydrogen-bond acceptors (Lipinski definition) is 3. The Labute approximate surface area is 169 Å². The lowest BCUT2D eigenvalue weighted by Gasteiger charge is -2.40. The Kier molecular flexibility index (Phi) is 6.76. The summed E-state index contributed by atoms with van der Waals surface area (Å²) in [5.74, 6) is -0.0518. The highest BCUT2D eigenvalue weighted by molar-refractivity contribution is 9.10. The molecule has 1 heterocycles. The topological polar surface area (TPSA) is 32.7 Å². The lowest BCUT2D eigenvalue weighted by Crippen LogP contribution is -2.44. The Morgan fingerprint density at radius 2 is 1.73 bits per heavy atom. The molecule has 140 valence electrons. The number of ether oxygens (including phenoxy) is 1. The first-order chi connectivity index (χ1) is 12.5. The van der Waals surface area contributed by atoms with E-state index in [9.17, 15) is 5.11 Å². The maximum atomic E-state index is 11.8. The molecule has 5 heteroatoms. The van der Waals surface area contributed by atoms with E-state index >= 15 is 0 Å². The molecular weight excluding hydrogens is 414 g/mol. The second-order valence-electron chi connectivity index (χ2n) is 6.80. The summed E-state index contributed by atoms with van der Waals surface area (Å²) in [6, 6.07) is 15.9. The molecule has 3 rings (SSSR count). The van der Waals surface area contributed by atoms with E-state index in [1.807, 2.05) is 55.5 Å². The summed E-state index contributed by atoms with van der Waals surface area (Å²) in [6.45, 7) is 6.11. The Morgan fingerprint density at radius 1 is 1.12 bits per heavy atom. The minimum absolute atomic E-state index is 0.0518. The minimum atomic E-state index is -0.952. The summed E-state index contributed by atoms with van der Waals surface area (Å²) < 4.78 is 6.50. The monoisotopic (exact) mass is 437 g/mol. The van der Waals surface area contributed by atoms with E-state index in [0.29, 0.717) is 11.4 Å². The molecule has 0 aliphatic carbocycles. The van der Waals surface area contributed by atoms with Gasteiger partial charge in [0.15, 0.2) is 0 Å². The van der Waals surface area contributed by atoms with Crippen molar-refractivity contribution in [1.82, 2.24) is 4.90 Å². The zero-order valence-corrected chi connectivity index (χ0v) is 17.3. The van der Waals surface area contributed by atoms with Gasteiger partial charge in [0, 0.05) is 35.0 Å². The molecule has 2 aromatic carbocycles. The molecular formula is C21H25BrClNO2. The lowest BCUT2D eigenvalue weighted by atomic mass is 9.75. The van der Waals surface area contributed by atoms with Crippen molar-refractivity contribution < 1.29 is 9.84 Å². The predicted octanol–water partition coefficient (Wildman–Crippen LogP) is 4.82. The summed E-state index contributed by atoms with van der Waals surface area (Å²) in [6.07, 6.45) is 0.631. The van der Waals surface area contributed by atoms with Crippen molar-refractivity contribution in [3.05, 3.63) is 69.2 Å². The van der Waals surface area contributed by atoms with Crippen LogP contribution in [-0.4, -0.2) is 42.9 Å². The molecule has 0 amide bonds. The minimum Gasteiger partial charge on any atom is -0.384 e. The molecule has 3 nitrogen and oxygen atoms in total. The summed E-state index contributed by atoms with van der Waals surface area (Å²) in [7, 11) is 0. The molecule has 2 atom stereocenters. The van der Waals surface area contributed by atoms with E-state index in [1.165, 1.54) is 0 Å². The maximum Gasteiger partial charge on any atom is 0.0974 e. The second kappa shape index (κ2) is 8.85. The molecule has 26 heavy (non-hydrogen) atoms. The average Bonchev–Trinajstić information content (AvgIpc) is 2.68. The number of rotatable bonds is 6. The van der Waals surface area contributed by atoms with Gasteiger partial charge in [-0.15, -0.1) is 0 Å². The van der Waals surface area contributed by atoms with Crippen LogP contribution in [0, 0.1) is 0 Å². The second-order valence-corrected chi connectivity index (χ2v) is 8.15. The summed E-state index contributed by atoms with van der Waals surface area (Å²) >= 11 is 9.58. The number of morpholine rings is 1. The van der Waals surface area contributed by atoms with Crippen LogP contribution in [0.4, 0.5) is 0 Å². The SMILES string of the molecule is CC[C@](O)(c1ccc(Br)cc1)[C@@H](CN1CCOCC1)c1ccc(Cl)cc1. The van der Waals surface area contributed by atoms with Crippen LogP contribution in [0.1, 0.15) is 30.4 Å². The van der Waals surface area contributed by atoms with Crippen molar-refractivity contribution in [3.8, 4) is 0 Å². The van der Waals surface area contributed by atoms with E-state index < -0.39 is 5.60 Å². The number of hydrogen-bond donors (Lipinski definition) is 1. The Balaban J connectivity index is 1.98. The molecule has 1 aliphatic rings. The standard InChI is InChI=1S/C21H25BrClNO2/c1-2-21(25,17-5-7-18(22)8-6-17)20(15-24-11-13-26-14-12-24)16-3-9-19(23)10-4-16/h3-10,20,25H,2,11-15H2,1H3/t20-,21-/m0/s1. The number of aliphatic hydroxyl groups is 1. The number of halogens is 2. The van der Waals surface area contributed by atoms with Gasteiger partial charge < -0.3 is 9.84 Å². The molecule has 0 saturated carbocycles. The van der Waals surface area contributed by atoms with Gasteiger partial charge in [-0.2, -0.15) is 0 Å². The highest BCUT2D eigenvalue weighted by atomic mass is 79.9. The van der Waals surface area contributed by atoms with Crippen LogP contribution in [0.5, 0.6) is 0 Å². The third-order valence-corrected chi connectivity index (χ3v) is 6.06. The quantitative estimate of drug-likeness (QED) is 0.702. The third-order valence-electron chi connectivity index (χ3n) is 5.28. The molecule has 0 bridgehead atoms. The molecule has 1 saturated heterocycles. The molecule has 1 fully saturated rings. The maximum absolute atomic E-state index is 11.8. The van der Waals surface area contributed by atoms with E-state index in [1.54, 1.807) is 0 Å². The summed E-state index contributed by atoms with van der Waals surface area (Å²) in [4.78, 5) is 2.38. The van der Waals surface area contributed by atoms with Crippen LogP contribution in [0.3, 0.4) is 0 Å². The lowest BCUT2D eigenvalue weighted by molar-refractivity contribution is -0.0250. The van der Waals surface area contributed by atoms with Gasteiger partial charge in [0.2, 0.25) is 0 Å². The number of benzene rings is 2. The first kappa shape index (κ1) is 19.8. The van der Waals surface area contributed by atoms with Gasteiger partial charge in [0.05, 0.1) is 18.8 Å². The van der Waals surface area contributed by atoms with Crippen molar-refractivity contribution in [2.24, 2.45) is 0 Å². The Bertz CT molecular complexity index is 701. The van der Waals surface area contributed by atoms with Crippen molar-refractivity contribution >= 4 is 27.5 Å². The van der Waals surface area contributed by atoms with Crippen LogP contribution >= 0.6 is 27.5 Å². The van der Waals surface area contributed by atoms with E-state index in [-0.39, 0.29) is 5.92 Å². The van der Waals surface area contributed by atoms with Gasteiger partial charge in [0.25, 0.3) is 0 Å². The predicted molar refractivity (Wildman–Crippen MR) is 110 cm³/mol. The van der Waals surface area contributed by atoms with Crippen LogP contribution in [-0.2, 0) is 10.3 Å². The highest BCUT2D eigenvalue weighted by Gasteiger charge is 2.39. The molecule has 1 aliphatic heterocycles. The van der Waals surface area contributed by atoms with Gasteiger partial charge in [-0.05, 0) is 41.8 Å². The van der Waals surface area contributed by atoms with Crippen LogP contribution in [0.15, 0.2) is 53.0 Å². The number of nitrogens with zero attached hydrogens (tertiary/aromatic N) is 1. The average molecular weight is 439 g/mol. The molecule has 0 radical (unpaired) electrons. The fourth-order valence-electron chi connectivity index (χ4n) is 3.66. The van der Waals surface area contributed by atoms with E-state index in [0.717, 1.165) is 48.4 Å². The fraction of sp³-hybridized carbons (Fsp3) is 0.429. The van der Waals surface area contributed by atoms with Crippen molar-refractivity contribution in [1.29, 1.82) is 0 Å². The highest BCUT2D eigenvalue weighted by Crippen LogP contribution is 2.41. The van der Waals surface area contributed by atoms with Crippen LogP contribution in [0.25, 0.3) is 0 Å². The summed E-state index contributed by atoms with van der Waals surface area (Å²) in [5, 5.41) is 12.5. The zero-order chi connectivity index (χ0) is 18.6. The molecule has 0 unspecified atom stereocenters. The Hall–Kier alpha value is -0.910. The van der Waals surface area contributed by atoms with E-state index in [4.69, 9.17) is 16.3 Å². The zero-order valence-electron chi connectivity index (χ0n) is 15.0. The molecule has 0 spiro atoms. The Morgan fingerprint density at radius 3 is 2.31 bits per heavy atom. The fourth-order valence-corrected chi connectivity index (χ4v) is 4.05. The van der Waals surface area contributed by atoms with E-state index in [2.05, 4.69) is 20.8 Å². The van der Waals surface area contributed by atoms with Crippen molar-refractivity contribution in [3.63, 3.8) is 0 Å². The third kappa shape index (κ3) is 4.49. The van der Waals surface area contributed by atoms with Crippen LogP contribution < -0.4 is 0 Å². The smallest absolute Gasteiger partial charge is 0.0974 e. The summed E-state index contributed by atoms with van der Waals surface area (Å²) in [5.41, 5.74) is 1.09. The first-order valence-electron chi connectivity index (χ1n) is 9.07. The largest absolute Gasteiger partial charge is 0.384 e. The molecule has 1 N–H and O–H groups in total. The normalized spacial score (nSPS) is 19.1. The van der Waals surface area contributed by atoms with Gasteiger partial charge in [-0.25, -0.2) is 0 Å².